The number of fused-ring (bicyclic) bond motifs is 1. The first-order chi connectivity index (χ1) is 25.3. The fourth-order valence-corrected chi connectivity index (χ4v) is 8.14. The van der Waals surface area contributed by atoms with Crippen LogP contribution in [-0.2, 0) is 24.3 Å². The molecular formula is C38H48Cl2N6O8S. The molecule has 0 bridgehead atoms. The lowest BCUT2D eigenvalue weighted by Crippen LogP contribution is -2.52. The van der Waals surface area contributed by atoms with E-state index in [2.05, 4.69) is 10.2 Å². The maximum atomic E-state index is 14.2. The molecule has 17 heteroatoms. The van der Waals surface area contributed by atoms with Crippen LogP contribution in [0.1, 0.15) is 68.7 Å². The van der Waals surface area contributed by atoms with Crippen LogP contribution in [0.2, 0.25) is 10.0 Å². The van der Waals surface area contributed by atoms with Gasteiger partial charge in [0.05, 0.1) is 16.1 Å². The summed E-state index contributed by atoms with van der Waals surface area (Å²) in [4.78, 5) is 40.9. The van der Waals surface area contributed by atoms with Gasteiger partial charge in [0.2, 0.25) is 0 Å². The summed E-state index contributed by atoms with van der Waals surface area (Å²) in [6.45, 7) is 15.7. The predicted molar refractivity (Wildman–Crippen MR) is 213 cm³/mol. The number of ether oxygens (including phenoxy) is 2. The van der Waals surface area contributed by atoms with Gasteiger partial charge < -0.3 is 19.5 Å². The molecule has 0 aliphatic carbocycles. The Morgan fingerprint density at radius 2 is 1.40 bits per heavy atom. The summed E-state index contributed by atoms with van der Waals surface area (Å²) < 4.78 is 42.0. The van der Waals surface area contributed by atoms with Crippen molar-refractivity contribution < 1.29 is 37.4 Å². The Kier molecular flexibility index (Phi) is 12.7. The van der Waals surface area contributed by atoms with Gasteiger partial charge in [0, 0.05) is 41.8 Å². The molecule has 0 aliphatic rings. The number of carboxylic acid groups (broad SMARTS) is 1. The maximum Gasteiger partial charge on any atom is 0.419 e. The minimum Gasteiger partial charge on any atom is -0.480 e. The number of rotatable bonds is 11. The summed E-state index contributed by atoms with van der Waals surface area (Å²) in [5.41, 5.74) is -1.84. The second-order valence-electron chi connectivity index (χ2n) is 16.1. The van der Waals surface area contributed by atoms with Crippen LogP contribution in [0.5, 0.6) is 0 Å². The van der Waals surface area contributed by atoms with Crippen LogP contribution in [0.4, 0.5) is 21.1 Å². The fourth-order valence-electron chi connectivity index (χ4n) is 5.63. The SMILES string of the molecule is CN(CCCN(C(=O)OC(C)(C)C)C(=O)OC(C)(C)C)c1ccc(-n2ccc3cc(N(C(C(=O)O)C(C)(C)C)S(=O)(=O)c4cc(Cl)cc(Cl)c4)ccc32)nn1. The van der Waals surface area contributed by atoms with E-state index in [0.29, 0.717) is 35.5 Å². The predicted octanol–water partition coefficient (Wildman–Crippen LogP) is 8.42. The number of carbonyl (C=O) groups excluding carboxylic acids is 2. The molecule has 4 rings (SSSR count). The monoisotopic (exact) mass is 818 g/mol. The fraction of sp³-hybridized carbons (Fsp3) is 0.447. The van der Waals surface area contributed by atoms with Gasteiger partial charge in [-0.15, -0.1) is 10.2 Å². The van der Waals surface area contributed by atoms with Crippen LogP contribution >= 0.6 is 23.2 Å². The van der Waals surface area contributed by atoms with Crippen LogP contribution in [0.25, 0.3) is 16.7 Å². The van der Waals surface area contributed by atoms with E-state index in [1.54, 1.807) is 110 Å². The van der Waals surface area contributed by atoms with Crippen LogP contribution in [0, 0.1) is 5.41 Å². The first-order valence-electron chi connectivity index (χ1n) is 17.4. The first kappa shape index (κ1) is 43.1. The Labute approximate surface area is 332 Å². The lowest BCUT2D eigenvalue weighted by atomic mass is 9.86. The van der Waals surface area contributed by atoms with E-state index in [0.717, 1.165) is 9.21 Å². The number of benzene rings is 2. The lowest BCUT2D eigenvalue weighted by Gasteiger charge is -2.37. The Bertz CT molecular complexity index is 2110. The molecule has 1 atom stereocenters. The average Bonchev–Trinajstić information content (AvgIpc) is 3.45. The number of hydrogen-bond acceptors (Lipinski definition) is 10. The van der Waals surface area contributed by atoms with Gasteiger partial charge in [-0.25, -0.2) is 27.7 Å². The zero-order valence-corrected chi connectivity index (χ0v) is 35.0. The molecular weight excluding hydrogens is 771 g/mol. The summed E-state index contributed by atoms with van der Waals surface area (Å²) in [7, 11) is -2.68. The number of amides is 2. The zero-order valence-electron chi connectivity index (χ0n) is 32.6. The second-order valence-corrected chi connectivity index (χ2v) is 18.8. The van der Waals surface area contributed by atoms with Gasteiger partial charge in [-0.3, -0.25) is 8.87 Å². The third-order valence-electron chi connectivity index (χ3n) is 7.99. The third kappa shape index (κ3) is 10.8. The first-order valence-corrected chi connectivity index (χ1v) is 19.6. The molecule has 1 N–H and O–H groups in total. The van der Waals surface area contributed by atoms with Gasteiger partial charge in [-0.1, -0.05) is 44.0 Å². The summed E-state index contributed by atoms with van der Waals surface area (Å²) in [6, 6.07) is 12.5. The zero-order chi connectivity index (χ0) is 41.3. The van der Waals surface area contributed by atoms with Crippen LogP contribution in [-0.4, -0.2) is 88.7 Å². The standard InChI is InChI=1S/C38H48Cl2N6O8S/c1-36(2,3)32(33(47)48)46(55(51,52)28-22-25(39)21-26(40)23-28)27-12-13-29-24(20-27)16-19-44(29)31-15-14-30(41-42-31)43(10)17-11-18-45(34(49)53-37(4,5)6)35(50)54-38(7,8)9/h12-16,19-23,32H,11,17-18H2,1-10H3,(H,47,48). The van der Waals surface area contributed by atoms with Gasteiger partial charge >= 0.3 is 18.2 Å². The molecule has 0 fully saturated rings. The summed E-state index contributed by atoms with van der Waals surface area (Å²) in [5, 5.41) is 19.9. The molecule has 1 unspecified atom stereocenters. The van der Waals surface area contributed by atoms with E-state index in [1.165, 1.54) is 24.3 Å². The van der Waals surface area contributed by atoms with Gasteiger partial charge in [0.15, 0.2) is 11.6 Å². The molecule has 14 nitrogen and oxygen atoms in total. The molecule has 298 valence electrons. The van der Waals surface area contributed by atoms with Crippen molar-refractivity contribution in [1.82, 2.24) is 19.7 Å². The van der Waals surface area contributed by atoms with E-state index < -0.39 is 50.8 Å². The van der Waals surface area contributed by atoms with Crippen molar-refractivity contribution in [3.63, 3.8) is 0 Å². The van der Waals surface area contributed by atoms with Crippen LogP contribution in [0.3, 0.4) is 0 Å². The van der Waals surface area contributed by atoms with Crippen molar-refractivity contribution in [2.75, 3.05) is 29.3 Å². The van der Waals surface area contributed by atoms with Crippen molar-refractivity contribution in [2.24, 2.45) is 5.41 Å². The molecule has 0 saturated carbocycles. The number of sulfonamides is 1. The van der Waals surface area contributed by atoms with Crippen molar-refractivity contribution in [1.29, 1.82) is 0 Å². The van der Waals surface area contributed by atoms with Crippen LogP contribution < -0.4 is 9.21 Å². The average molecular weight is 820 g/mol. The molecule has 0 aliphatic heterocycles. The van der Waals surface area contributed by atoms with E-state index in [1.807, 2.05) is 4.90 Å². The summed E-state index contributed by atoms with van der Waals surface area (Å²) >= 11 is 12.3. The number of aromatic nitrogens is 3. The van der Waals surface area contributed by atoms with Crippen molar-refractivity contribution >= 4 is 73.8 Å². The van der Waals surface area contributed by atoms with Crippen molar-refractivity contribution in [2.45, 2.75) is 90.9 Å². The van der Waals surface area contributed by atoms with Crippen molar-refractivity contribution in [3.05, 3.63) is 70.8 Å². The molecule has 0 spiro atoms. The summed E-state index contributed by atoms with van der Waals surface area (Å²) in [5.74, 6) is -0.324. The molecule has 2 aromatic heterocycles. The molecule has 0 saturated heterocycles. The molecule has 2 amide bonds. The highest BCUT2D eigenvalue weighted by Gasteiger charge is 2.44. The number of halogens is 2. The van der Waals surface area contributed by atoms with Crippen LogP contribution in [0.15, 0.2) is 65.7 Å². The smallest absolute Gasteiger partial charge is 0.419 e. The normalized spacial score (nSPS) is 12.9. The highest BCUT2D eigenvalue weighted by Crippen LogP contribution is 2.37. The topological polar surface area (TPSA) is 164 Å². The largest absolute Gasteiger partial charge is 0.480 e. The second kappa shape index (κ2) is 16.2. The molecule has 0 radical (unpaired) electrons. The van der Waals surface area contributed by atoms with Gasteiger partial charge in [0.25, 0.3) is 10.0 Å². The minimum absolute atomic E-state index is 0.0472. The van der Waals surface area contributed by atoms with Gasteiger partial charge in [-0.05, 0) is 108 Å². The molecule has 2 heterocycles. The number of hydrogen-bond donors (Lipinski definition) is 1. The number of carboxylic acids is 1. The third-order valence-corrected chi connectivity index (χ3v) is 10.2. The molecule has 4 aromatic rings. The number of carbonyl (C=O) groups is 3. The number of aliphatic carboxylic acids is 1. The Hall–Kier alpha value is -4.60. The summed E-state index contributed by atoms with van der Waals surface area (Å²) in [6.07, 6.45) is 0.544. The lowest BCUT2D eigenvalue weighted by molar-refractivity contribution is -0.140. The number of nitrogens with zero attached hydrogens (tertiary/aromatic N) is 6. The van der Waals surface area contributed by atoms with E-state index in [4.69, 9.17) is 32.7 Å². The number of anilines is 2. The highest BCUT2D eigenvalue weighted by molar-refractivity contribution is 7.93. The van der Waals surface area contributed by atoms with E-state index in [-0.39, 0.29) is 27.2 Å². The van der Waals surface area contributed by atoms with E-state index >= 15 is 0 Å². The Balaban J connectivity index is 1.58. The molecule has 2 aromatic carbocycles. The van der Waals surface area contributed by atoms with Gasteiger partial charge in [-0.2, -0.15) is 0 Å². The highest BCUT2D eigenvalue weighted by atomic mass is 35.5. The Morgan fingerprint density at radius 3 is 1.89 bits per heavy atom. The van der Waals surface area contributed by atoms with Gasteiger partial charge in [0.1, 0.15) is 17.2 Å². The van der Waals surface area contributed by atoms with E-state index in [9.17, 15) is 27.9 Å². The van der Waals surface area contributed by atoms with Crippen molar-refractivity contribution in [3.8, 4) is 5.82 Å². The Morgan fingerprint density at radius 1 is 0.818 bits per heavy atom. The molecule has 55 heavy (non-hydrogen) atoms. The number of imide groups is 1. The minimum atomic E-state index is -4.49. The quantitative estimate of drug-likeness (QED) is 0.154. The maximum absolute atomic E-state index is 14.2.